The zero-order valence-corrected chi connectivity index (χ0v) is 11.8. The number of hydrogen-bond donors (Lipinski definition) is 1. The largest absolute Gasteiger partial charge is 0.396 e. The van der Waals surface area contributed by atoms with Gasteiger partial charge in [0.1, 0.15) is 5.82 Å². The molecule has 0 aliphatic carbocycles. The second-order valence-electron chi connectivity index (χ2n) is 5.33. The molecule has 0 spiro atoms. The number of rotatable bonds is 3. The fourth-order valence-electron chi connectivity index (χ4n) is 2.87. The number of anilines is 2. The Morgan fingerprint density at radius 1 is 1.30 bits per heavy atom. The Hall–Kier alpha value is -1.87. The topological polar surface area (TPSA) is 36.4 Å². The van der Waals surface area contributed by atoms with E-state index in [1.165, 1.54) is 16.8 Å². The van der Waals surface area contributed by atoms with Gasteiger partial charge in [0.15, 0.2) is 0 Å². The molecule has 0 saturated heterocycles. The van der Waals surface area contributed by atoms with Crippen molar-refractivity contribution in [3.05, 3.63) is 53.2 Å². The van der Waals surface area contributed by atoms with Crippen LogP contribution in [-0.2, 0) is 12.8 Å². The van der Waals surface area contributed by atoms with E-state index in [2.05, 4.69) is 47.1 Å². The van der Waals surface area contributed by atoms with Crippen molar-refractivity contribution in [1.82, 2.24) is 4.98 Å². The van der Waals surface area contributed by atoms with E-state index in [1.807, 2.05) is 6.20 Å². The van der Waals surface area contributed by atoms with E-state index in [1.54, 1.807) is 0 Å². The van der Waals surface area contributed by atoms with Gasteiger partial charge in [-0.2, -0.15) is 0 Å². The van der Waals surface area contributed by atoms with Gasteiger partial charge in [0.2, 0.25) is 0 Å². The van der Waals surface area contributed by atoms with Crippen LogP contribution in [-0.4, -0.2) is 23.2 Å². The molecule has 1 aliphatic heterocycles. The minimum Gasteiger partial charge on any atom is -0.396 e. The molecule has 0 amide bonds. The van der Waals surface area contributed by atoms with Crippen molar-refractivity contribution in [1.29, 1.82) is 0 Å². The molecule has 0 radical (unpaired) electrons. The van der Waals surface area contributed by atoms with Crippen molar-refractivity contribution in [2.24, 2.45) is 0 Å². The molecule has 104 valence electrons. The van der Waals surface area contributed by atoms with Gasteiger partial charge in [-0.25, -0.2) is 4.98 Å². The Morgan fingerprint density at radius 3 is 2.95 bits per heavy atom. The summed E-state index contributed by atoms with van der Waals surface area (Å²) in [6.45, 7) is 3.28. The number of aliphatic hydroxyl groups excluding tert-OH is 1. The highest BCUT2D eigenvalue weighted by atomic mass is 16.2. The van der Waals surface area contributed by atoms with Crippen LogP contribution < -0.4 is 4.90 Å². The molecular weight excluding hydrogens is 248 g/mol. The molecule has 2 heterocycles. The lowest BCUT2D eigenvalue weighted by Crippen LogP contribution is -2.25. The summed E-state index contributed by atoms with van der Waals surface area (Å²) in [6.07, 6.45) is 4.89. The first kappa shape index (κ1) is 13.1. The normalized spacial score (nSPS) is 14.2. The number of pyridine rings is 1. The van der Waals surface area contributed by atoms with Crippen molar-refractivity contribution in [2.45, 2.75) is 26.2 Å². The Balaban J connectivity index is 1.96. The third-order valence-corrected chi connectivity index (χ3v) is 3.97. The number of aliphatic hydroxyl groups is 1. The van der Waals surface area contributed by atoms with E-state index < -0.39 is 0 Å². The number of hydrogen-bond acceptors (Lipinski definition) is 3. The maximum Gasteiger partial charge on any atom is 0.133 e. The Morgan fingerprint density at radius 2 is 2.15 bits per heavy atom. The minimum atomic E-state index is 0.175. The number of fused-ring (bicyclic) bond motifs is 1. The molecule has 0 fully saturated rings. The summed E-state index contributed by atoms with van der Waals surface area (Å²) < 4.78 is 0. The molecule has 1 aromatic carbocycles. The summed E-state index contributed by atoms with van der Waals surface area (Å²) in [5.41, 5.74) is 5.01. The molecule has 0 bridgehead atoms. The molecule has 2 aromatic rings. The van der Waals surface area contributed by atoms with Gasteiger partial charge in [-0.3, -0.25) is 0 Å². The van der Waals surface area contributed by atoms with Crippen LogP contribution in [0.1, 0.15) is 23.1 Å². The van der Waals surface area contributed by atoms with Crippen molar-refractivity contribution in [2.75, 3.05) is 18.1 Å². The zero-order valence-electron chi connectivity index (χ0n) is 11.8. The Bertz CT molecular complexity index is 610. The van der Waals surface area contributed by atoms with Crippen LogP contribution in [0.15, 0.2) is 36.5 Å². The number of para-hydroxylation sites is 1. The highest BCUT2D eigenvalue weighted by Gasteiger charge is 2.18. The van der Waals surface area contributed by atoms with Crippen LogP contribution in [0, 0.1) is 6.92 Å². The Kier molecular flexibility index (Phi) is 3.70. The second-order valence-corrected chi connectivity index (χ2v) is 5.33. The van der Waals surface area contributed by atoms with E-state index in [0.29, 0.717) is 6.42 Å². The van der Waals surface area contributed by atoms with Crippen LogP contribution in [0.2, 0.25) is 0 Å². The quantitative estimate of drug-likeness (QED) is 0.929. The van der Waals surface area contributed by atoms with Gasteiger partial charge < -0.3 is 10.0 Å². The molecule has 3 heteroatoms. The highest BCUT2D eigenvalue weighted by molar-refractivity contribution is 5.65. The van der Waals surface area contributed by atoms with Crippen molar-refractivity contribution in [3.63, 3.8) is 0 Å². The maximum absolute atomic E-state index is 9.05. The smallest absolute Gasteiger partial charge is 0.133 e. The van der Waals surface area contributed by atoms with Crippen LogP contribution in [0.25, 0.3) is 0 Å². The molecule has 0 saturated carbocycles. The molecule has 3 nitrogen and oxygen atoms in total. The van der Waals surface area contributed by atoms with Gasteiger partial charge in [-0.15, -0.1) is 0 Å². The third kappa shape index (κ3) is 2.41. The lowest BCUT2D eigenvalue weighted by Gasteiger charge is -2.30. The number of nitrogens with zero attached hydrogens (tertiary/aromatic N) is 2. The monoisotopic (exact) mass is 268 g/mol. The SMILES string of the molecule is Cc1cc(N2CCCc3ccccc32)ncc1CCO. The summed E-state index contributed by atoms with van der Waals surface area (Å²) in [5.74, 6) is 1.01. The predicted molar refractivity (Wildman–Crippen MR) is 81.5 cm³/mol. The van der Waals surface area contributed by atoms with E-state index in [-0.39, 0.29) is 6.61 Å². The lowest BCUT2D eigenvalue weighted by molar-refractivity contribution is 0.299. The molecular formula is C17H20N2O. The highest BCUT2D eigenvalue weighted by Crippen LogP contribution is 2.32. The van der Waals surface area contributed by atoms with Crippen molar-refractivity contribution in [3.8, 4) is 0 Å². The zero-order chi connectivity index (χ0) is 13.9. The first-order chi connectivity index (χ1) is 9.79. The lowest BCUT2D eigenvalue weighted by atomic mass is 10.0. The van der Waals surface area contributed by atoms with Gasteiger partial charge in [0.25, 0.3) is 0 Å². The summed E-state index contributed by atoms with van der Waals surface area (Å²) >= 11 is 0. The fraction of sp³-hybridized carbons (Fsp3) is 0.353. The van der Waals surface area contributed by atoms with E-state index in [0.717, 1.165) is 30.8 Å². The van der Waals surface area contributed by atoms with E-state index >= 15 is 0 Å². The predicted octanol–water partition coefficient (Wildman–Crippen LogP) is 3.01. The van der Waals surface area contributed by atoms with Crippen molar-refractivity contribution < 1.29 is 5.11 Å². The molecule has 0 atom stereocenters. The van der Waals surface area contributed by atoms with Crippen LogP contribution in [0.5, 0.6) is 0 Å². The van der Waals surface area contributed by atoms with Crippen LogP contribution in [0.4, 0.5) is 11.5 Å². The van der Waals surface area contributed by atoms with Gasteiger partial charge in [0.05, 0.1) is 0 Å². The second kappa shape index (κ2) is 5.63. The first-order valence-corrected chi connectivity index (χ1v) is 7.21. The van der Waals surface area contributed by atoms with E-state index in [9.17, 15) is 0 Å². The average Bonchev–Trinajstić information content (AvgIpc) is 2.49. The molecule has 1 N–H and O–H groups in total. The minimum absolute atomic E-state index is 0.175. The summed E-state index contributed by atoms with van der Waals surface area (Å²) in [6, 6.07) is 10.7. The van der Waals surface area contributed by atoms with Crippen molar-refractivity contribution >= 4 is 11.5 Å². The molecule has 20 heavy (non-hydrogen) atoms. The molecule has 0 unspecified atom stereocenters. The first-order valence-electron chi connectivity index (χ1n) is 7.21. The number of benzene rings is 1. The standard InChI is InChI=1S/C17H20N2O/c1-13-11-17(18-12-15(13)8-10-20)19-9-4-6-14-5-2-3-7-16(14)19/h2-3,5,7,11-12,20H,4,6,8-10H2,1H3. The van der Waals surface area contributed by atoms with E-state index in [4.69, 9.17) is 5.11 Å². The molecule has 3 rings (SSSR count). The number of aromatic nitrogens is 1. The third-order valence-electron chi connectivity index (χ3n) is 3.97. The summed E-state index contributed by atoms with van der Waals surface area (Å²) in [7, 11) is 0. The average molecular weight is 268 g/mol. The van der Waals surface area contributed by atoms with Gasteiger partial charge in [0, 0.05) is 25.0 Å². The summed E-state index contributed by atoms with van der Waals surface area (Å²) in [4.78, 5) is 6.90. The van der Waals surface area contributed by atoms with Gasteiger partial charge >= 0.3 is 0 Å². The summed E-state index contributed by atoms with van der Waals surface area (Å²) in [5, 5.41) is 9.05. The van der Waals surface area contributed by atoms with Gasteiger partial charge in [-0.05, 0) is 55.0 Å². The number of aryl methyl sites for hydroxylation is 2. The fourth-order valence-corrected chi connectivity index (χ4v) is 2.87. The van der Waals surface area contributed by atoms with Gasteiger partial charge in [-0.1, -0.05) is 18.2 Å². The van der Waals surface area contributed by atoms with Crippen LogP contribution >= 0.6 is 0 Å². The maximum atomic E-state index is 9.05. The molecule has 1 aliphatic rings. The Labute approximate surface area is 119 Å². The molecule has 1 aromatic heterocycles. The van der Waals surface area contributed by atoms with Crippen LogP contribution in [0.3, 0.4) is 0 Å².